The molecule has 0 aromatic heterocycles. The molecule has 1 aliphatic carbocycles. The Morgan fingerprint density at radius 3 is 2.39 bits per heavy atom. The third-order valence-corrected chi connectivity index (χ3v) is 7.08. The fourth-order valence-electron chi connectivity index (χ4n) is 5.28. The van der Waals surface area contributed by atoms with Crippen LogP contribution in [0.5, 0.6) is 5.75 Å². The number of nitrogens with zero attached hydrogens (tertiary/aromatic N) is 1. The maximum absolute atomic E-state index is 13.9. The molecule has 5 rings (SSSR count). The van der Waals surface area contributed by atoms with E-state index in [1.165, 1.54) is 13.1 Å². The number of benzene rings is 2. The van der Waals surface area contributed by atoms with E-state index in [0.29, 0.717) is 30.0 Å². The van der Waals surface area contributed by atoms with Crippen LogP contribution in [0.2, 0.25) is 0 Å². The molecule has 2 N–H and O–H groups in total. The van der Waals surface area contributed by atoms with Crippen molar-refractivity contribution in [2.24, 2.45) is 11.8 Å². The number of alkyl halides is 1. The molecule has 7 nitrogen and oxygen atoms in total. The van der Waals surface area contributed by atoms with Gasteiger partial charge in [-0.25, -0.2) is 4.39 Å². The molecule has 2 heterocycles. The Balaban J connectivity index is 1.46. The van der Waals surface area contributed by atoms with E-state index in [9.17, 15) is 18.8 Å². The van der Waals surface area contributed by atoms with Gasteiger partial charge in [0.1, 0.15) is 18.5 Å². The van der Waals surface area contributed by atoms with Gasteiger partial charge in [-0.15, -0.1) is 0 Å². The first-order chi connectivity index (χ1) is 15.9. The number of carbonyl (C=O) groups is 3. The Morgan fingerprint density at radius 2 is 1.79 bits per heavy atom. The topological polar surface area (TPSA) is 87.7 Å². The number of nitrogens with one attached hydrogen (secondary N) is 2. The molecule has 2 aliphatic heterocycles. The number of fused-ring (bicyclic) bond motifs is 2. The van der Waals surface area contributed by atoms with Gasteiger partial charge in [-0.2, -0.15) is 0 Å². The highest BCUT2D eigenvalue weighted by molar-refractivity contribution is 6.02. The standard InChI is InChI=1S/C25H26FN3O4/c1-13(30)29-11-18-19(12-29)22(18)28-24(31)15-8-16-21(14-6-4-3-5-7-14)20(10-26)33-23(16)17(9-15)25(32)27-2/h3-9,18-22H,10-12H2,1-2H3,(H,27,32)(H,28,31)/t18-,19+,20-,21+,22+/m0/s1. The number of carbonyl (C=O) groups excluding carboxylic acids is 3. The van der Waals surface area contributed by atoms with Gasteiger partial charge in [-0.1, -0.05) is 30.3 Å². The lowest BCUT2D eigenvalue weighted by Gasteiger charge is -2.18. The van der Waals surface area contributed by atoms with Crippen LogP contribution in [-0.4, -0.2) is 61.6 Å². The van der Waals surface area contributed by atoms with E-state index in [-0.39, 0.29) is 35.3 Å². The van der Waals surface area contributed by atoms with Crippen molar-refractivity contribution in [1.82, 2.24) is 15.5 Å². The van der Waals surface area contributed by atoms with Crippen molar-refractivity contribution in [2.45, 2.75) is 25.0 Å². The van der Waals surface area contributed by atoms with Gasteiger partial charge in [-0.3, -0.25) is 14.4 Å². The average molecular weight is 451 g/mol. The van der Waals surface area contributed by atoms with Gasteiger partial charge in [-0.05, 0) is 17.7 Å². The predicted octanol–water partition coefficient (Wildman–Crippen LogP) is 2.12. The molecule has 2 aromatic carbocycles. The summed E-state index contributed by atoms with van der Waals surface area (Å²) < 4.78 is 19.8. The van der Waals surface area contributed by atoms with Crippen LogP contribution in [0.1, 0.15) is 44.7 Å². The number of likely N-dealkylation sites (tertiary alicyclic amines) is 1. The Morgan fingerprint density at radius 1 is 1.09 bits per heavy atom. The van der Waals surface area contributed by atoms with E-state index >= 15 is 0 Å². The molecule has 2 aromatic rings. The SMILES string of the molecule is CNC(=O)c1cc(C(=O)N[C@H]2[C@@H]3CN(C(C)=O)C[C@@H]32)cc2c1O[C@@H](CF)[C@@H]2c1ccccc1. The first kappa shape index (κ1) is 21.4. The second-order valence-corrected chi connectivity index (χ2v) is 8.97. The minimum absolute atomic E-state index is 0.0181. The molecule has 0 unspecified atom stereocenters. The number of hydrogen-bond donors (Lipinski definition) is 2. The molecule has 33 heavy (non-hydrogen) atoms. The van der Waals surface area contributed by atoms with Gasteiger partial charge < -0.3 is 20.3 Å². The first-order valence-corrected chi connectivity index (χ1v) is 11.2. The summed E-state index contributed by atoms with van der Waals surface area (Å²) in [5.74, 6) is -0.200. The summed E-state index contributed by atoms with van der Waals surface area (Å²) in [6, 6.07) is 12.6. The van der Waals surface area contributed by atoms with Gasteiger partial charge >= 0.3 is 0 Å². The van der Waals surface area contributed by atoms with Crippen molar-refractivity contribution in [3.8, 4) is 5.75 Å². The molecular weight excluding hydrogens is 425 g/mol. The van der Waals surface area contributed by atoms with Crippen molar-refractivity contribution in [1.29, 1.82) is 0 Å². The summed E-state index contributed by atoms with van der Waals surface area (Å²) in [5.41, 5.74) is 2.05. The molecule has 0 radical (unpaired) electrons. The summed E-state index contributed by atoms with van der Waals surface area (Å²) >= 11 is 0. The van der Waals surface area contributed by atoms with Crippen LogP contribution < -0.4 is 15.4 Å². The van der Waals surface area contributed by atoms with Crippen LogP contribution in [0.15, 0.2) is 42.5 Å². The highest BCUT2D eigenvalue weighted by atomic mass is 19.1. The average Bonchev–Trinajstić information content (AvgIpc) is 3.18. The van der Waals surface area contributed by atoms with E-state index in [2.05, 4.69) is 10.6 Å². The summed E-state index contributed by atoms with van der Waals surface area (Å²) in [7, 11) is 1.50. The van der Waals surface area contributed by atoms with Gasteiger partial charge in [0.05, 0.1) is 11.5 Å². The van der Waals surface area contributed by atoms with E-state index in [4.69, 9.17) is 4.74 Å². The number of amides is 3. The number of hydrogen-bond acceptors (Lipinski definition) is 4. The Bertz CT molecular complexity index is 1110. The number of halogens is 1. The molecule has 5 atom stereocenters. The quantitative estimate of drug-likeness (QED) is 0.729. The van der Waals surface area contributed by atoms with Crippen LogP contribution >= 0.6 is 0 Å². The lowest BCUT2D eigenvalue weighted by atomic mass is 9.86. The van der Waals surface area contributed by atoms with Crippen molar-refractivity contribution in [3.05, 3.63) is 64.7 Å². The molecule has 0 bridgehead atoms. The van der Waals surface area contributed by atoms with Crippen LogP contribution in [0.4, 0.5) is 4.39 Å². The molecular formula is C25H26FN3O4. The highest BCUT2D eigenvalue weighted by Gasteiger charge is 2.57. The minimum Gasteiger partial charge on any atom is -0.486 e. The smallest absolute Gasteiger partial charge is 0.254 e. The van der Waals surface area contributed by atoms with Gasteiger partial charge in [0.25, 0.3) is 11.8 Å². The van der Waals surface area contributed by atoms with E-state index < -0.39 is 24.6 Å². The Kier molecular flexibility index (Phi) is 5.31. The fourth-order valence-corrected chi connectivity index (χ4v) is 5.28. The van der Waals surface area contributed by atoms with Crippen molar-refractivity contribution in [3.63, 3.8) is 0 Å². The maximum Gasteiger partial charge on any atom is 0.254 e. The largest absolute Gasteiger partial charge is 0.486 e. The van der Waals surface area contributed by atoms with Crippen LogP contribution in [0.3, 0.4) is 0 Å². The lowest BCUT2D eigenvalue weighted by molar-refractivity contribution is -0.128. The highest BCUT2D eigenvalue weighted by Crippen LogP contribution is 2.47. The molecule has 8 heteroatoms. The first-order valence-electron chi connectivity index (χ1n) is 11.2. The zero-order chi connectivity index (χ0) is 23.3. The monoisotopic (exact) mass is 451 g/mol. The molecule has 172 valence electrons. The van der Waals surface area contributed by atoms with Crippen molar-refractivity contribution in [2.75, 3.05) is 26.8 Å². The molecule has 2 fully saturated rings. The zero-order valence-corrected chi connectivity index (χ0v) is 18.5. The second kappa shape index (κ2) is 8.17. The van der Waals surface area contributed by atoms with Crippen molar-refractivity contribution < 1.29 is 23.5 Å². The van der Waals surface area contributed by atoms with Crippen LogP contribution in [0.25, 0.3) is 0 Å². The van der Waals surface area contributed by atoms with E-state index in [1.54, 1.807) is 17.9 Å². The van der Waals surface area contributed by atoms with E-state index in [1.807, 2.05) is 30.3 Å². The van der Waals surface area contributed by atoms with Gasteiger partial charge in [0.15, 0.2) is 0 Å². The second-order valence-electron chi connectivity index (χ2n) is 8.97. The van der Waals surface area contributed by atoms with Gasteiger partial charge in [0, 0.05) is 56.1 Å². The maximum atomic E-state index is 13.9. The summed E-state index contributed by atoms with van der Waals surface area (Å²) in [6.07, 6.45) is -0.774. The van der Waals surface area contributed by atoms with E-state index in [0.717, 1.165) is 5.56 Å². The summed E-state index contributed by atoms with van der Waals surface area (Å²) in [4.78, 5) is 39.2. The van der Waals surface area contributed by atoms with Crippen molar-refractivity contribution >= 4 is 17.7 Å². The molecule has 3 amide bonds. The molecule has 0 spiro atoms. The number of ether oxygens (including phenoxy) is 1. The third kappa shape index (κ3) is 3.63. The molecule has 1 saturated carbocycles. The molecule has 3 aliphatic rings. The van der Waals surface area contributed by atoms with Crippen LogP contribution in [-0.2, 0) is 4.79 Å². The van der Waals surface area contributed by atoms with Crippen LogP contribution in [0, 0.1) is 11.8 Å². The Hall–Kier alpha value is -3.42. The summed E-state index contributed by atoms with van der Waals surface area (Å²) in [6.45, 7) is 2.14. The third-order valence-electron chi connectivity index (χ3n) is 7.08. The number of rotatable bonds is 5. The Labute approximate surface area is 191 Å². The normalized spacial score (nSPS) is 26.8. The summed E-state index contributed by atoms with van der Waals surface area (Å²) in [5, 5.41) is 5.65. The lowest BCUT2D eigenvalue weighted by Crippen LogP contribution is -2.36. The minimum atomic E-state index is -0.774. The molecule has 1 saturated heterocycles. The number of piperidine rings is 1. The fraction of sp³-hybridized carbons (Fsp3) is 0.400. The van der Waals surface area contributed by atoms with Gasteiger partial charge in [0.2, 0.25) is 5.91 Å². The predicted molar refractivity (Wildman–Crippen MR) is 119 cm³/mol. The zero-order valence-electron chi connectivity index (χ0n) is 18.5.